The lowest BCUT2D eigenvalue weighted by Crippen LogP contribution is -2.51. The zero-order valence-corrected chi connectivity index (χ0v) is 15.7. The van der Waals surface area contributed by atoms with Crippen LogP contribution in [0.2, 0.25) is 0 Å². The van der Waals surface area contributed by atoms with Crippen molar-refractivity contribution in [3.05, 3.63) is 35.4 Å². The zero-order chi connectivity index (χ0) is 18.1. The van der Waals surface area contributed by atoms with Crippen LogP contribution in [-0.2, 0) is 9.59 Å². The molecule has 0 unspecified atom stereocenters. The van der Waals surface area contributed by atoms with E-state index in [1.54, 1.807) is 0 Å². The summed E-state index contributed by atoms with van der Waals surface area (Å²) in [5.41, 5.74) is 2.93. The van der Waals surface area contributed by atoms with Gasteiger partial charge in [0.15, 0.2) is 0 Å². The number of carbonyl (C=O) groups is 2. The molecule has 4 rings (SSSR count). The Hall–Kier alpha value is -1.84. The van der Waals surface area contributed by atoms with Gasteiger partial charge in [-0.3, -0.25) is 9.59 Å². The van der Waals surface area contributed by atoms with Crippen LogP contribution in [0.15, 0.2) is 24.3 Å². The summed E-state index contributed by atoms with van der Waals surface area (Å²) in [5, 5.41) is 2.99. The molecule has 0 radical (unpaired) electrons. The van der Waals surface area contributed by atoms with Crippen LogP contribution in [0.4, 0.5) is 0 Å². The van der Waals surface area contributed by atoms with Gasteiger partial charge in [0.05, 0.1) is 0 Å². The molecule has 140 valence electrons. The molecule has 1 N–H and O–H groups in total. The molecule has 0 aromatic heterocycles. The Morgan fingerprint density at radius 1 is 0.962 bits per heavy atom. The molecule has 2 amide bonds. The second-order valence-electron chi connectivity index (χ2n) is 8.33. The summed E-state index contributed by atoms with van der Waals surface area (Å²) in [6.45, 7) is 3.60. The van der Waals surface area contributed by atoms with Crippen LogP contribution in [0.25, 0.3) is 0 Å². The summed E-state index contributed by atoms with van der Waals surface area (Å²) < 4.78 is 0. The van der Waals surface area contributed by atoms with E-state index in [2.05, 4.69) is 34.5 Å². The number of nitrogens with zero attached hydrogens (tertiary/aromatic N) is 1. The van der Waals surface area contributed by atoms with E-state index in [4.69, 9.17) is 0 Å². The SMILES string of the molecule is CCC(=O)NC1CC(C(=O)N2CCC(c3ccc(C4CC4)cc3)CC2)C1. The Morgan fingerprint density at radius 2 is 1.50 bits per heavy atom. The first-order chi connectivity index (χ1) is 12.6. The first-order valence-electron chi connectivity index (χ1n) is 10.3. The highest BCUT2D eigenvalue weighted by molar-refractivity contribution is 5.81. The number of amides is 2. The number of carbonyl (C=O) groups excluding carboxylic acids is 2. The first kappa shape index (κ1) is 17.6. The number of hydrogen-bond acceptors (Lipinski definition) is 2. The van der Waals surface area contributed by atoms with Crippen molar-refractivity contribution in [3.63, 3.8) is 0 Å². The summed E-state index contributed by atoms with van der Waals surface area (Å²) in [5.74, 6) is 1.91. The second kappa shape index (κ2) is 7.42. The quantitative estimate of drug-likeness (QED) is 0.879. The van der Waals surface area contributed by atoms with Crippen molar-refractivity contribution in [3.8, 4) is 0 Å². The van der Waals surface area contributed by atoms with Gasteiger partial charge in [-0.15, -0.1) is 0 Å². The fourth-order valence-corrected chi connectivity index (χ4v) is 4.42. The van der Waals surface area contributed by atoms with Gasteiger partial charge in [-0.05, 0) is 61.5 Å². The Bertz CT molecular complexity index is 651. The molecule has 0 spiro atoms. The van der Waals surface area contributed by atoms with Gasteiger partial charge in [-0.2, -0.15) is 0 Å². The first-order valence-corrected chi connectivity index (χ1v) is 10.3. The lowest BCUT2D eigenvalue weighted by Gasteiger charge is -2.40. The molecule has 2 aliphatic carbocycles. The molecule has 26 heavy (non-hydrogen) atoms. The number of nitrogens with one attached hydrogen (secondary N) is 1. The van der Waals surface area contributed by atoms with Crippen molar-refractivity contribution < 1.29 is 9.59 Å². The number of rotatable bonds is 5. The van der Waals surface area contributed by atoms with E-state index in [-0.39, 0.29) is 17.9 Å². The van der Waals surface area contributed by atoms with Crippen LogP contribution < -0.4 is 5.32 Å². The van der Waals surface area contributed by atoms with Gasteiger partial charge in [-0.25, -0.2) is 0 Å². The summed E-state index contributed by atoms with van der Waals surface area (Å²) in [4.78, 5) is 26.1. The van der Waals surface area contributed by atoms with Gasteiger partial charge in [0.2, 0.25) is 11.8 Å². The molecular formula is C22H30N2O2. The lowest BCUT2D eigenvalue weighted by molar-refractivity contribution is -0.141. The molecule has 0 atom stereocenters. The Balaban J connectivity index is 1.23. The molecule has 2 saturated carbocycles. The third-order valence-corrected chi connectivity index (χ3v) is 6.44. The summed E-state index contributed by atoms with van der Waals surface area (Å²) >= 11 is 0. The minimum atomic E-state index is 0.0921. The van der Waals surface area contributed by atoms with Gasteiger partial charge >= 0.3 is 0 Å². The van der Waals surface area contributed by atoms with E-state index in [0.29, 0.717) is 18.2 Å². The third-order valence-electron chi connectivity index (χ3n) is 6.44. The highest BCUT2D eigenvalue weighted by Gasteiger charge is 2.38. The molecule has 3 fully saturated rings. The van der Waals surface area contributed by atoms with Gasteiger partial charge in [-0.1, -0.05) is 31.2 Å². The number of benzene rings is 1. The fraction of sp³-hybridized carbons (Fsp3) is 0.636. The second-order valence-corrected chi connectivity index (χ2v) is 8.33. The van der Waals surface area contributed by atoms with E-state index in [9.17, 15) is 9.59 Å². The summed E-state index contributed by atoms with van der Waals surface area (Å²) in [7, 11) is 0. The van der Waals surface area contributed by atoms with E-state index >= 15 is 0 Å². The van der Waals surface area contributed by atoms with Crippen LogP contribution in [-0.4, -0.2) is 35.8 Å². The Labute approximate surface area is 156 Å². The Kier molecular flexibility index (Phi) is 5.01. The van der Waals surface area contributed by atoms with E-state index in [0.717, 1.165) is 44.7 Å². The van der Waals surface area contributed by atoms with Gasteiger partial charge in [0.1, 0.15) is 0 Å². The topological polar surface area (TPSA) is 49.4 Å². The highest BCUT2D eigenvalue weighted by Crippen LogP contribution is 2.40. The normalized spacial score (nSPS) is 26.3. The number of likely N-dealkylation sites (tertiary alicyclic amines) is 1. The molecule has 1 saturated heterocycles. The minimum absolute atomic E-state index is 0.0921. The number of piperidine rings is 1. The van der Waals surface area contributed by atoms with Crippen LogP contribution in [0.1, 0.15) is 74.8 Å². The molecule has 0 bridgehead atoms. The minimum Gasteiger partial charge on any atom is -0.353 e. The van der Waals surface area contributed by atoms with E-state index < -0.39 is 0 Å². The van der Waals surface area contributed by atoms with Crippen molar-refractivity contribution in [2.45, 2.75) is 69.7 Å². The average Bonchev–Trinajstić information content (AvgIpc) is 3.49. The predicted molar refractivity (Wildman–Crippen MR) is 102 cm³/mol. The van der Waals surface area contributed by atoms with Crippen molar-refractivity contribution in [2.75, 3.05) is 13.1 Å². The van der Waals surface area contributed by atoms with Gasteiger partial charge in [0.25, 0.3) is 0 Å². The van der Waals surface area contributed by atoms with Crippen LogP contribution >= 0.6 is 0 Å². The van der Waals surface area contributed by atoms with Crippen molar-refractivity contribution >= 4 is 11.8 Å². The number of hydrogen-bond donors (Lipinski definition) is 1. The molecule has 3 aliphatic rings. The van der Waals surface area contributed by atoms with Crippen molar-refractivity contribution in [2.24, 2.45) is 5.92 Å². The smallest absolute Gasteiger partial charge is 0.225 e. The molecule has 1 aliphatic heterocycles. The molecule has 1 heterocycles. The third kappa shape index (κ3) is 3.79. The van der Waals surface area contributed by atoms with Crippen LogP contribution in [0.5, 0.6) is 0 Å². The average molecular weight is 354 g/mol. The maximum atomic E-state index is 12.7. The monoisotopic (exact) mass is 354 g/mol. The molecule has 1 aromatic rings. The van der Waals surface area contributed by atoms with E-state index in [1.807, 2.05) is 6.92 Å². The molecular weight excluding hydrogens is 324 g/mol. The Morgan fingerprint density at radius 3 is 2.00 bits per heavy atom. The zero-order valence-electron chi connectivity index (χ0n) is 15.7. The lowest BCUT2D eigenvalue weighted by atomic mass is 9.78. The van der Waals surface area contributed by atoms with Crippen LogP contribution in [0, 0.1) is 5.92 Å². The van der Waals surface area contributed by atoms with Gasteiger partial charge < -0.3 is 10.2 Å². The predicted octanol–water partition coefficient (Wildman–Crippen LogP) is 3.57. The molecule has 4 nitrogen and oxygen atoms in total. The van der Waals surface area contributed by atoms with Crippen molar-refractivity contribution in [1.29, 1.82) is 0 Å². The molecule has 4 heteroatoms. The van der Waals surface area contributed by atoms with Crippen molar-refractivity contribution in [1.82, 2.24) is 10.2 Å². The van der Waals surface area contributed by atoms with Crippen LogP contribution in [0.3, 0.4) is 0 Å². The van der Waals surface area contributed by atoms with E-state index in [1.165, 1.54) is 24.0 Å². The molecule has 1 aromatic carbocycles. The maximum absolute atomic E-state index is 12.7. The summed E-state index contributed by atoms with van der Waals surface area (Å²) in [6, 6.07) is 9.44. The standard InChI is InChI=1S/C22H30N2O2/c1-2-21(25)23-20-13-19(14-20)22(26)24-11-9-18(10-12-24)17-7-5-16(6-8-17)15-3-4-15/h5-8,15,18-20H,2-4,9-14H2,1H3,(H,23,25). The van der Waals surface area contributed by atoms with Gasteiger partial charge in [0, 0.05) is 31.5 Å². The fourth-order valence-electron chi connectivity index (χ4n) is 4.42. The summed E-state index contributed by atoms with van der Waals surface area (Å²) in [6.07, 6.45) is 6.98. The maximum Gasteiger partial charge on any atom is 0.225 e. The largest absolute Gasteiger partial charge is 0.353 e. The highest BCUT2D eigenvalue weighted by atomic mass is 16.2.